The number of fused-ring (bicyclic) bond motifs is 3. The highest BCUT2D eigenvalue weighted by molar-refractivity contribution is 5.93. The van der Waals surface area contributed by atoms with Gasteiger partial charge in [-0.05, 0) is 48.7 Å². The number of para-hydroxylation sites is 1. The maximum Gasteiger partial charge on any atom is 0.275 e. The molecule has 8 heteroatoms. The van der Waals surface area contributed by atoms with Crippen molar-refractivity contribution in [2.24, 2.45) is 7.05 Å². The third-order valence-corrected chi connectivity index (χ3v) is 6.59. The van der Waals surface area contributed by atoms with Crippen LogP contribution < -0.4 is 10.9 Å². The molecule has 36 heavy (non-hydrogen) atoms. The van der Waals surface area contributed by atoms with Gasteiger partial charge in [0.1, 0.15) is 12.4 Å². The maximum absolute atomic E-state index is 12.8. The number of anilines is 1. The Kier molecular flexibility index (Phi) is 5.14. The van der Waals surface area contributed by atoms with Gasteiger partial charge in [-0.1, -0.05) is 36.4 Å². The molecule has 8 nitrogen and oxygen atoms in total. The lowest BCUT2D eigenvalue weighted by Gasteiger charge is -2.09. The number of benzene rings is 3. The molecule has 0 atom stereocenters. The fraction of sp³-hybridized carbons (Fsp3) is 0.143. The fourth-order valence-electron chi connectivity index (χ4n) is 4.75. The molecule has 3 heterocycles. The van der Waals surface area contributed by atoms with Crippen molar-refractivity contribution in [1.29, 1.82) is 0 Å². The van der Waals surface area contributed by atoms with E-state index in [1.807, 2.05) is 62.5 Å². The smallest absolute Gasteiger partial charge is 0.275 e. The van der Waals surface area contributed by atoms with Crippen LogP contribution in [0.4, 0.5) is 5.69 Å². The van der Waals surface area contributed by atoms with E-state index in [1.54, 1.807) is 6.07 Å². The number of rotatable bonds is 5. The van der Waals surface area contributed by atoms with Crippen LogP contribution in [0.1, 0.15) is 11.5 Å². The summed E-state index contributed by atoms with van der Waals surface area (Å²) in [5, 5.41) is 9.75. The molecule has 0 bridgehead atoms. The number of hydrogen-bond donors (Lipinski definition) is 1. The van der Waals surface area contributed by atoms with Crippen LogP contribution in [0.5, 0.6) is 0 Å². The minimum atomic E-state index is -0.325. The second kappa shape index (κ2) is 8.49. The van der Waals surface area contributed by atoms with Crippen molar-refractivity contribution in [3.8, 4) is 0 Å². The third kappa shape index (κ3) is 3.73. The summed E-state index contributed by atoms with van der Waals surface area (Å²) in [6.07, 6.45) is 2.07. The van der Waals surface area contributed by atoms with Gasteiger partial charge in [-0.3, -0.25) is 9.59 Å². The Hall–Kier alpha value is -4.72. The summed E-state index contributed by atoms with van der Waals surface area (Å²) < 4.78 is 5.46. The molecule has 1 N–H and O–H groups in total. The van der Waals surface area contributed by atoms with Gasteiger partial charge in [0.05, 0.1) is 28.7 Å². The quantitative estimate of drug-likeness (QED) is 0.403. The highest BCUT2D eigenvalue weighted by Gasteiger charge is 2.13. The van der Waals surface area contributed by atoms with E-state index in [9.17, 15) is 9.59 Å². The lowest BCUT2D eigenvalue weighted by atomic mass is 10.1. The largest absolute Gasteiger partial charge is 0.340 e. The first kappa shape index (κ1) is 21.8. The number of nitrogens with one attached hydrogen (secondary N) is 1. The first-order chi connectivity index (χ1) is 17.5. The van der Waals surface area contributed by atoms with Crippen LogP contribution in [0.3, 0.4) is 0 Å². The van der Waals surface area contributed by atoms with Crippen molar-refractivity contribution in [2.75, 3.05) is 5.32 Å². The summed E-state index contributed by atoms with van der Waals surface area (Å²) in [4.78, 5) is 30.4. The Labute approximate surface area is 206 Å². The lowest BCUT2D eigenvalue weighted by Crippen LogP contribution is -2.30. The number of carbonyl (C=O) groups excluding carboxylic acids is 1. The molecule has 0 fully saturated rings. The molecule has 0 saturated heterocycles. The summed E-state index contributed by atoms with van der Waals surface area (Å²) in [6, 6.07) is 23.3. The monoisotopic (exact) mass is 476 g/mol. The van der Waals surface area contributed by atoms with Gasteiger partial charge in [0.2, 0.25) is 5.91 Å². The molecule has 0 unspecified atom stereocenters. The second-order valence-electron chi connectivity index (χ2n) is 8.93. The Morgan fingerprint density at radius 1 is 0.944 bits per heavy atom. The number of imidazole rings is 1. The zero-order valence-electron chi connectivity index (χ0n) is 20.0. The van der Waals surface area contributed by atoms with Crippen molar-refractivity contribution in [3.63, 3.8) is 0 Å². The SMILES string of the molecule is Cc1nn(CC(=O)Nc2ccc3c(c2)nc(Cn2ccc4ccccc42)n3C)c(=O)c2ccccc12. The predicted molar refractivity (Wildman–Crippen MR) is 141 cm³/mol. The van der Waals surface area contributed by atoms with Crippen LogP contribution in [0.25, 0.3) is 32.7 Å². The Morgan fingerprint density at radius 3 is 2.58 bits per heavy atom. The van der Waals surface area contributed by atoms with E-state index in [2.05, 4.69) is 43.9 Å². The molecule has 1 amide bonds. The van der Waals surface area contributed by atoms with E-state index in [0.29, 0.717) is 23.3 Å². The summed E-state index contributed by atoms with van der Waals surface area (Å²) >= 11 is 0. The van der Waals surface area contributed by atoms with Crippen molar-refractivity contribution in [1.82, 2.24) is 23.9 Å². The molecule has 0 aliphatic carbocycles. The molecular weight excluding hydrogens is 452 g/mol. The summed E-state index contributed by atoms with van der Waals surface area (Å²) in [5.74, 6) is 0.589. The number of amides is 1. The zero-order chi connectivity index (χ0) is 24.8. The Bertz CT molecular complexity index is 1840. The van der Waals surface area contributed by atoms with Gasteiger partial charge in [0.25, 0.3) is 5.56 Å². The van der Waals surface area contributed by atoms with Crippen LogP contribution in [-0.2, 0) is 24.9 Å². The van der Waals surface area contributed by atoms with Crippen molar-refractivity contribution in [2.45, 2.75) is 20.0 Å². The molecule has 6 rings (SSSR count). The first-order valence-electron chi connectivity index (χ1n) is 11.7. The van der Waals surface area contributed by atoms with E-state index < -0.39 is 0 Å². The van der Waals surface area contributed by atoms with Crippen LogP contribution in [0.15, 0.2) is 83.8 Å². The molecule has 0 aliphatic rings. The van der Waals surface area contributed by atoms with E-state index in [1.165, 1.54) is 10.1 Å². The average Bonchev–Trinajstić information content (AvgIpc) is 3.43. The lowest BCUT2D eigenvalue weighted by molar-refractivity contribution is -0.117. The van der Waals surface area contributed by atoms with Gasteiger partial charge in [-0.2, -0.15) is 5.10 Å². The van der Waals surface area contributed by atoms with E-state index in [0.717, 1.165) is 27.8 Å². The van der Waals surface area contributed by atoms with Crippen LogP contribution in [0.2, 0.25) is 0 Å². The molecule has 0 radical (unpaired) electrons. The highest BCUT2D eigenvalue weighted by Crippen LogP contribution is 2.22. The fourth-order valence-corrected chi connectivity index (χ4v) is 4.75. The minimum absolute atomic E-state index is 0.170. The summed E-state index contributed by atoms with van der Waals surface area (Å²) in [5.41, 5.74) is 3.96. The number of hydrogen-bond acceptors (Lipinski definition) is 4. The van der Waals surface area contributed by atoms with Gasteiger partial charge >= 0.3 is 0 Å². The van der Waals surface area contributed by atoms with Crippen LogP contribution in [-0.4, -0.2) is 29.8 Å². The van der Waals surface area contributed by atoms with Gasteiger partial charge in [-0.25, -0.2) is 9.67 Å². The molecule has 0 aliphatic heterocycles. The van der Waals surface area contributed by atoms with Crippen molar-refractivity contribution < 1.29 is 4.79 Å². The number of aromatic nitrogens is 5. The average molecular weight is 477 g/mol. The molecule has 0 spiro atoms. The Balaban J connectivity index is 1.24. The first-order valence-corrected chi connectivity index (χ1v) is 11.7. The van der Waals surface area contributed by atoms with Gasteiger partial charge in [0, 0.05) is 29.8 Å². The van der Waals surface area contributed by atoms with Crippen molar-refractivity contribution >= 4 is 44.3 Å². The minimum Gasteiger partial charge on any atom is -0.340 e. The predicted octanol–water partition coefficient (Wildman–Crippen LogP) is 4.23. The number of carbonyl (C=O) groups is 1. The molecular formula is C28H24N6O2. The molecule has 0 saturated carbocycles. The van der Waals surface area contributed by atoms with Gasteiger partial charge in [0.15, 0.2) is 0 Å². The molecule has 3 aromatic heterocycles. The topological polar surface area (TPSA) is 86.7 Å². The third-order valence-electron chi connectivity index (χ3n) is 6.59. The van der Waals surface area contributed by atoms with Crippen LogP contribution in [0, 0.1) is 6.92 Å². The molecule has 178 valence electrons. The summed E-state index contributed by atoms with van der Waals surface area (Å²) in [6.45, 7) is 2.30. The molecule has 6 aromatic rings. The Morgan fingerprint density at radius 2 is 1.72 bits per heavy atom. The van der Waals surface area contributed by atoms with Crippen LogP contribution >= 0.6 is 0 Å². The standard InChI is InChI=1S/C28H24N6O2/c1-18-21-8-4-5-9-22(21)28(36)34(31-18)17-27(35)29-20-11-12-25-23(15-20)30-26(32(25)2)16-33-14-13-19-7-3-6-10-24(19)33/h3-15H,16-17H2,1-2H3,(H,29,35). The van der Waals surface area contributed by atoms with Gasteiger partial charge < -0.3 is 14.5 Å². The van der Waals surface area contributed by atoms with E-state index >= 15 is 0 Å². The normalized spacial score (nSPS) is 11.5. The number of nitrogens with zero attached hydrogens (tertiary/aromatic N) is 5. The number of aryl methyl sites for hydroxylation is 2. The summed E-state index contributed by atoms with van der Waals surface area (Å²) in [7, 11) is 1.99. The second-order valence-corrected chi connectivity index (χ2v) is 8.93. The highest BCUT2D eigenvalue weighted by atomic mass is 16.2. The zero-order valence-corrected chi connectivity index (χ0v) is 20.0. The maximum atomic E-state index is 12.8. The van der Waals surface area contributed by atoms with E-state index in [-0.39, 0.29) is 18.0 Å². The molecule has 3 aromatic carbocycles. The van der Waals surface area contributed by atoms with Gasteiger partial charge in [-0.15, -0.1) is 0 Å². The van der Waals surface area contributed by atoms with Crippen molar-refractivity contribution in [3.05, 3.63) is 101 Å². The van der Waals surface area contributed by atoms with E-state index in [4.69, 9.17) is 4.98 Å².